The van der Waals surface area contributed by atoms with Crippen molar-refractivity contribution in [3.05, 3.63) is 24.3 Å². The molecule has 0 aromatic carbocycles. The Morgan fingerprint density at radius 2 is 1.59 bits per heavy atom. The second-order valence-corrected chi connectivity index (χ2v) is 10.9. The predicted octanol–water partition coefficient (Wildman–Crippen LogP) is 3.38. The molecule has 7 nitrogen and oxygen atoms in total. The van der Waals surface area contributed by atoms with Crippen LogP contribution in [0.3, 0.4) is 0 Å². The third-order valence-corrected chi connectivity index (χ3v) is 7.71. The molecule has 0 aromatic heterocycles. The van der Waals surface area contributed by atoms with Crippen molar-refractivity contribution in [2.75, 3.05) is 66.6 Å². The number of hydrazine groups is 2. The minimum atomic E-state index is -0.417. The van der Waals surface area contributed by atoms with E-state index in [0.29, 0.717) is 6.04 Å². The predicted molar refractivity (Wildman–Crippen MR) is 142 cm³/mol. The molecule has 34 heavy (non-hydrogen) atoms. The first-order valence-electron chi connectivity index (χ1n) is 13.7. The van der Waals surface area contributed by atoms with Gasteiger partial charge in [0.05, 0.1) is 19.3 Å². The summed E-state index contributed by atoms with van der Waals surface area (Å²) in [6.07, 6.45) is 14.1. The van der Waals surface area contributed by atoms with Gasteiger partial charge in [-0.3, -0.25) is 10.2 Å². The molecule has 0 saturated carbocycles. The molecule has 2 saturated heterocycles. The standard InChI is InChI=1S/C27H52N6O/c1-8-30(9-2)27(28-24(3)4,25(29(6)7)26(5)16-12-10-13-17-26)33(31-18-14-11-15-19-31)32-20-22-34-23-21-32/h10,12-13,16,24-25,28H,8-9,11,14-15,17-23H2,1-7H3. The average Bonchev–Trinajstić information content (AvgIpc) is 2.81. The molecule has 0 aromatic rings. The summed E-state index contributed by atoms with van der Waals surface area (Å²) in [6, 6.07) is 0.524. The highest BCUT2D eigenvalue weighted by Gasteiger charge is 2.58. The van der Waals surface area contributed by atoms with Crippen LogP contribution in [0.4, 0.5) is 0 Å². The van der Waals surface area contributed by atoms with E-state index in [1.165, 1.54) is 19.3 Å². The van der Waals surface area contributed by atoms with Crippen molar-refractivity contribution in [1.82, 2.24) is 30.3 Å². The van der Waals surface area contributed by atoms with E-state index in [-0.39, 0.29) is 11.5 Å². The Morgan fingerprint density at radius 1 is 0.971 bits per heavy atom. The maximum Gasteiger partial charge on any atom is 0.172 e. The fourth-order valence-electron chi connectivity index (χ4n) is 6.54. The van der Waals surface area contributed by atoms with Crippen molar-refractivity contribution in [2.45, 2.75) is 78.2 Å². The lowest BCUT2D eigenvalue weighted by molar-refractivity contribution is -0.335. The Hall–Kier alpha value is -0.800. The number of ether oxygens (including phenoxy) is 1. The van der Waals surface area contributed by atoms with Crippen LogP contribution in [0.15, 0.2) is 24.3 Å². The monoisotopic (exact) mass is 476 g/mol. The number of hydrogen-bond donors (Lipinski definition) is 1. The van der Waals surface area contributed by atoms with Crippen LogP contribution >= 0.6 is 0 Å². The molecule has 0 spiro atoms. The van der Waals surface area contributed by atoms with Crippen molar-refractivity contribution in [3.8, 4) is 0 Å². The normalized spacial score (nSPS) is 27.7. The number of nitrogens with one attached hydrogen (secondary N) is 1. The molecule has 3 unspecified atom stereocenters. The van der Waals surface area contributed by atoms with Gasteiger partial charge in [0.1, 0.15) is 0 Å². The molecular weight excluding hydrogens is 424 g/mol. The van der Waals surface area contributed by atoms with Crippen LogP contribution in [-0.2, 0) is 4.74 Å². The second kappa shape index (κ2) is 12.4. The summed E-state index contributed by atoms with van der Waals surface area (Å²) in [4.78, 5) is 5.16. The maximum absolute atomic E-state index is 5.84. The van der Waals surface area contributed by atoms with E-state index in [0.717, 1.165) is 58.9 Å². The number of nitrogens with zero attached hydrogens (tertiary/aromatic N) is 5. The highest BCUT2D eigenvalue weighted by molar-refractivity contribution is 5.21. The number of morpholine rings is 1. The topological polar surface area (TPSA) is 37.5 Å². The minimum Gasteiger partial charge on any atom is -0.379 e. The van der Waals surface area contributed by atoms with Crippen molar-refractivity contribution >= 4 is 0 Å². The van der Waals surface area contributed by atoms with E-state index in [1.807, 2.05) is 0 Å². The number of likely N-dealkylation sites (N-methyl/N-ethyl adjacent to an activating group) is 2. The van der Waals surface area contributed by atoms with Gasteiger partial charge in [0, 0.05) is 37.6 Å². The summed E-state index contributed by atoms with van der Waals surface area (Å²) < 4.78 is 5.84. The van der Waals surface area contributed by atoms with E-state index >= 15 is 0 Å². The Balaban J connectivity index is 2.26. The molecular formula is C27H52N6O. The van der Waals surface area contributed by atoms with Gasteiger partial charge in [-0.05, 0) is 60.3 Å². The zero-order valence-electron chi connectivity index (χ0n) is 23.1. The van der Waals surface area contributed by atoms with E-state index in [9.17, 15) is 0 Å². The third-order valence-electron chi connectivity index (χ3n) is 7.71. The summed E-state index contributed by atoms with van der Waals surface area (Å²) in [5.41, 5.74) is -0.0247. The number of allylic oxidation sites excluding steroid dienone is 3. The lowest BCUT2D eigenvalue weighted by Gasteiger charge is -2.64. The summed E-state index contributed by atoms with van der Waals surface area (Å²) in [5.74, 6) is -0.417. The fraction of sp³-hybridized carbons (Fsp3) is 0.852. The molecule has 3 aliphatic rings. The van der Waals surface area contributed by atoms with Crippen LogP contribution in [0, 0.1) is 5.41 Å². The largest absolute Gasteiger partial charge is 0.379 e. The molecule has 3 rings (SSSR count). The Labute approximate surface area is 209 Å². The molecule has 2 fully saturated rings. The molecule has 196 valence electrons. The molecule has 0 bridgehead atoms. The summed E-state index contributed by atoms with van der Waals surface area (Å²) in [5, 5.41) is 12.2. The van der Waals surface area contributed by atoms with Gasteiger partial charge in [0.25, 0.3) is 0 Å². The van der Waals surface area contributed by atoms with Gasteiger partial charge in [0.15, 0.2) is 5.79 Å². The van der Waals surface area contributed by atoms with Crippen LogP contribution in [0.25, 0.3) is 0 Å². The SMILES string of the molecule is CCN(CC)C(NC(C)C)(C(N(C)C)C1(C)C=CC=CC1)N(N1CCCCC1)N1CCOCC1. The average molecular weight is 477 g/mol. The minimum absolute atomic E-state index is 0.0247. The molecule has 7 heteroatoms. The first kappa shape index (κ1) is 27.8. The lowest BCUT2D eigenvalue weighted by Crippen LogP contribution is -2.85. The van der Waals surface area contributed by atoms with Crippen molar-refractivity contribution < 1.29 is 4.74 Å². The summed E-state index contributed by atoms with van der Waals surface area (Å²) >= 11 is 0. The van der Waals surface area contributed by atoms with Crippen LogP contribution in [-0.4, -0.2) is 109 Å². The second-order valence-electron chi connectivity index (χ2n) is 10.9. The Morgan fingerprint density at radius 3 is 2.09 bits per heavy atom. The highest BCUT2D eigenvalue weighted by atomic mass is 16.5. The first-order chi connectivity index (χ1) is 16.3. The van der Waals surface area contributed by atoms with Crippen molar-refractivity contribution in [3.63, 3.8) is 0 Å². The Kier molecular flexibility index (Phi) is 10.2. The van der Waals surface area contributed by atoms with E-state index in [2.05, 4.69) is 103 Å². The first-order valence-corrected chi connectivity index (χ1v) is 13.7. The van der Waals surface area contributed by atoms with Gasteiger partial charge < -0.3 is 9.64 Å². The number of rotatable bonds is 11. The molecule has 1 aliphatic carbocycles. The Bertz CT molecular complexity index is 648. The van der Waals surface area contributed by atoms with Gasteiger partial charge in [-0.15, -0.1) is 5.12 Å². The van der Waals surface area contributed by atoms with Gasteiger partial charge in [0.2, 0.25) is 0 Å². The zero-order valence-corrected chi connectivity index (χ0v) is 23.1. The van der Waals surface area contributed by atoms with Crippen LogP contribution in [0.5, 0.6) is 0 Å². The smallest absolute Gasteiger partial charge is 0.172 e. The zero-order chi connectivity index (χ0) is 24.8. The van der Waals surface area contributed by atoms with E-state index < -0.39 is 5.79 Å². The van der Waals surface area contributed by atoms with Gasteiger partial charge in [-0.25, -0.2) is 10.0 Å². The van der Waals surface area contributed by atoms with Crippen molar-refractivity contribution in [2.24, 2.45) is 5.41 Å². The van der Waals surface area contributed by atoms with E-state index in [4.69, 9.17) is 4.74 Å². The molecule has 2 aliphatic heterocycles. The lowest BCUT2D eigenvalue weighted by atomic mass is 9.72. The fourth-order valence-corrected chi connectivity index (χ4v) is 6.54. The molecule has 3 atom stereocenters. The van der Waals surface area contributed by atoms with Gasteiger partial charge in [-0.2, -0.15) is 0 Å². The van der Waals surface area contributed by atoms with E-state index in [1.54, 1.807) is 0 Å². The molecule has 2 heterocycles. The van der Waals surface area contributed by atoms with Gasteiger partial charge >= 0.3 is 0 Å². The van der Waals surface area contributed by atoms with Gasteiger partial charge in [-0.1, -0.05) is 51.5 Å². The molecule has 0 radical (unpaired) electrons. The highest BCUT2D eigenvalue weighted by Crippen LogP contribution is 2.43. The van der Waals surface area contributed by atoms with Crippen LogP contribution < -0.4 is 5.32 Å². The molecule has 1 N–H and O–H groups in total. The molecule has 0 amide bonds. The third kappa shape index (κ3) is 5.77. The van der Waals surface area contributed by atoms with Crippen LogP contribution in [0.2, 0.25) is 0 Å². The maximum atomic E-state index is 5.84. The number of piperidine rings is 1. The summed E-state index contributed by atoms with van der Waals surface area (Å²) in [7, 11) is 4.55. The number of hydrogen-bond acceptors (Lipinski definition) is 7. The van der Waals surface area contributed by atoms with Crippen LogP contribution in [0.1, 0.15) is 60.3 Å². The quantitative estimate of drug-likeness (QED) is 0.458. The van der Waals surface area contributed by atoms with Crippen molar-refractivity contribution in [1.29, 1.82) is 0 Å². The summed E-state index contributed by atoms with van der Waals surface area (Å²) in [6.45, 7) is 19.3.